The number of likely N-dealkylation sites (tertiary alicyclic amines) is 1. The summed E-state index contributed by atoms with van der Waals surface area (Å²) < 4.78 is 11.3. The van der Waals surface area contributed by atoms with Gasteiger partial charge in [-0.05, 0) is 84.9 Å². The van der Waals surface area contributed by atoms with Crippen LogP contribution in [0, 0.1) is 0 Å². The first-order valence-corrected chi connectivity index (χ1v) is 10.1. The van der Waals surface area contributed by atoms with Crippen LogP contribution in [0.15, 0.2) is 60.9 Å². The first kappa shape index (κ1) is 18.8. The Balaban J connectivity index is 1.20. The molecular formula is C24H28N2O2. The predicted octanol–water partition coefficient (Wildman–Crippen LogP) is 4.89. The second-order valence-corrected chi connectivity index (χ2v) is 7.48. The summed E-state index contributed by atoms with van der Waals surface area (Å²) in [6, 6.07) is 16.6. The van der Waals surface area contributed by atoms with E-state index in [1.165, 1.54) is 29.2 Å². The number of methoxy groups -OCH3 is 1. The number of hydrogen-bond acceptors (Lipinski definition) is 4. The maximum atomic E-state index is 5.99. The highest BCUT2D eigenvalue weighted by atomic mass is 16.5. The van der Waals surface area contributed by atoms with Gasteiger partial charge in [0.1, 0.15) is 11.5 Å². The Hall–Kier alpha value is -2.59. The molecule has 0 saturated carbocycles. The van der Waals surface area contributed by atoms with Gasteiger partial charge in [0.2, 0.25) is 0 Å². The van der Waals surface area contributed by atoms with Gasteiger partial charge in [-0.25, -0.2) is 0 Å². The van der Waals surface area contributed by atoms with E-state index < -0.39 is 0 Å². The van der Waals surface area contributed by atoms with Crippen molar-refractivity contribution in [1.29, 1.82) is 0 Å². The van der Waals surface area contributed by atoms with Crippen molar-refractivity contribution in [2.45, 2.75) is 25.2 Å². The average Bonchev–Trinajstić information content (AvgIpc) is 2.77. The molecule has 28 heavy (non-hydrogen) atoms. The van der Waals surface area contributed by atoms with Crippen molar-refractivity contribution >= 4 is 10.8 Å². The second kappa shape index (κ2) is 9.07. The Bertz CT molecular complexity index is 890. The monoisotopic (exact) mass is 376 g/mol. The molecule has 4 heteroatoms. The topological polar surface area (TPSA) is 34.6 Å². The molecule has 0 aliphatic carbocycles. The van der Waals surface area contributed by atoms with E-state index >= 15 is 0 Å². The number of pyridine rings is 1. The van der Waals surface area contributed by atoms with Gasteiger partial charge in [0.15, 0.2) is 0 Å². The first-order chi connectivity index (χ1) is 13.8. The fourth-order valence-electron chi connectivity index (χ4n) is 4.00. The minimum absolute atomic E-state index is 0.664. The van der Waals surface area contributed by atoms with Crippen molar-refractivity contribution < 1.29 is 9.47 Å². The van der Waals surface area contributed by atoms with Gasteiger partial charge >= 0.3 is 0 Å². The number of aromatic nitrogens is 1. The van der Waals surface area contributed by atoms with E-state index in [0.717, 1.165) is 44.2 Å². The van der Waals surface area contributed by atoms with E-state index in [1.54, 1.807) is 7.11 Å². The van der Waals surface area contributed by atoms with Crippen molar-refractivity contribution in [3.8, 4) is 11.5 Å². The molecule has 0 radical (unpaired) electrons. The molecule has 1 aliphatic heterocycles. The molecule has 1 fully saturated rings. The van der Waals surface area contributed by atoms with Gasteiger partial charge in [0.05, 0.1) is 13.7 Å². The normalized spacial score (nSPS) is 15.6. The molecule has 0 unspecified atom stereocenters. The molecule has 0 N–H and O–H groups in total. The lowest BCUT2D eigenvalue weighted by atomic mass is 9.90. The first-order valence-electron chi connectivity index (χ1n) is 10.1. The molecule has 0 atom stereocenters. The lowest BCUT2D eigenvalue weighted by molar-refractivity contribution is 0.193. The van der Waals surface area contributed by atoms with Crippen LogP contribution in [0.5, 0.6) is 11.5 Å². The van der Waals surface area contributed by atoms with Crippen molar-refractivity contribution in [2.75, 3.05) is 33.4 Å². The summed E-state index contributed by atoms with van der Waals surface area (Å²) in [5, 5.41) is 2.35. The van der Waals surface area contributed by atoms with Gasteiger partial charge in [0, 0.05) is 18.9 Å². The summed E-state index contributed by atoms with van der Waals surface area (Å²) >= 11 is 0. The Morgan fingerprint density at radius 3 is 2.46 bits per heavy atom. The van der Waals surface area contributed by atoms with Crippen molar-refractivity contribution in [2.24, 2.45) is 0 Å². The Kier molecular flexibility index (Phi) is 6.07. The number of benzene rings is 2. The predicted molar refractivity (Wildman–Crippen MR) is 113 cm³/mol. The maximum Gasteiger partial charge on any atom is 0.119 e. The third kappa shape index (κ3) is 4.63. The molecule has 0 bridgehead atoms. The average molecular weight is 377 g/mol. The smallest absolute Gasteiger partial charge is 0.119 e. The number of ether oxygens (including phenoxy) is 2. The maximum absolute atomic E-state index is 5.99. The number of piperidine rings is 1. The molecule has 2 heterocycles. The van der Waals surface area contributed by atoms with Gasteiger partial charge in [-0.3, -0.25) is 4.98 Å². The summed E-state index contributed by atoms with van der Waals surface area (Å²) in [5.41, 5.74) is 1.39. The fraction of sp³-hybridized carbons (Fsp3) is 0.375. The van der Waals surface area contributed by atoms with E-state index in [1.807, 2.05) is 36.7 Å². The molecule has 0 amide bonds. The van der Waals surface area contributed by atoms with E-state index in [4.69, 9.17) is 9.47 Å². The highest BCUT2D eigenvalue weighted by Crippen LogP contribution is 2.27. The van der Waals surface area contributed by atoms with Gasteiger partial charge in [-0.2, -0.15) is 0 Å². The molecular weight excluding hydrogens is 348 g/mol. The van der Waals surface area contributed by atoms with E-state index in [9.17, 15) is 0 Å². The van der Waals surface area contributed by atoms with Crippen LogP contribution in [0.1, 0.15) is 30.7 Å². The van der Waals surface area contributed by atoms with Crippen molar-refractivity contribution in [1.82, 2.24) is 9.88 Å². The van der Waals surface area contributed by atoms with Gasteiger partial charge in [-0.15, -0.1) is 0 Å². The second-order valence-electron chi connectivity index (χ2n) is 7.48. The van der Waals surface area contributed by atoms with Gasteiger partial charge in [-0.1, -0.05) is 18.2 Å². The highest BCUT2D eigenvalue weighted by Gasteiger charge is 2.20. The van der Waals surface area contributed by atoms with E-state index in [0.29, 0.717) is 5.92 Å². The van der Waals surface area contributed by atoms with Crippen LogP contribution in [0.25, 0.3) is 10.8 Å². The van der Waals surface area contributed by atoms with E-state index in [2.05, 4.69) is 34.1 Å². The molecule has 1 aliphatic rings. The quantitative estimate of drug-likeness (QED) is 0.550. The molecule has 4 nitrogen and oxygen atoms in total. The summed E-state index contributed by atoms with van der Waals surface area (Å²) in [7, 11) is 1.69. The Morgan fingerprint density at radius 1 is 1.00 bits per heavy atom. The fourth-order valence-corrected chi connectivity index (χ4v) is 4.00. The van der Waals surface area contributed by atoms with Crippen LogP contribution in [-0.2, 0) is 0 Å². The lowest BCUT2D eigenvalue weighted by Crippen LogP contribution is -2.34. The zero-order valence-corrected chi connectivity index (χ0v) is 16.5. The minimum Gasteiger partial charge on any atom is -0.497 e. The van der Waals surface area contributed by atoms with Crippen molar-refractivity contribution in [3.05, 3.63) is 66.5 Å². The zero-order valence-electron chi connectivity index (χ0n) is 16.5. The van der Waals surface area contributed by atoms with Crippen LogP contribution in [-0.4, -0.2) is 43.2 Å². The summed E-state index contributed by atoms with van der Waals surface area (Å²) in [4.78, 5) is 6.82. The highest BCUT2D eigenvalue weighted by molar-refractivity contribution is 5.85. The molecule has 146 valence electrons. The summed E-state index contributed by atoms with van der Waals surface area (Å²) in [6.07, 6.45) is 7.37. The number of nitrogens with zero attached hydrogens (tertiary/aromatic N) is 2. The molecule has 1 saturated heterocycles. The molecule has 3 aromatic rings. The Labute approximate surface area is 167 Å². The van der Waals surface area contributed by atoms with Gasteiger partial charge in [0.25, 0.3) is 0 Å². The SMILES string of the molecule is COc1ccc2cc(OCCCN3CCC(c4cccnc4)CC3)ccc2c1. The van der Waals surface area contributed by atoms with Crippen LogP contribution in [0.3, 0.4) is 0 Å². The number of fused-ring (bicyclic) bond motifs is 1. The molecule has 1 aromatic heterocycles. The van der Waals surface area contributed by atoms with Gasteiger partial charge < -0.3 is 14.4 Å². The minimum atomic E-state index is 0.664. The number of hydrogen-bond donors (Lipinski definition) is 0. The molecule has 4 rings (SSSR count). The zero-order chi connectivity index (χ0) is 19.2. The third-order valence-electron chi connectivity index (χ3n) is 5.65. The largest absolute Gasteiger partial charge is 0.497 e. The molecule has 0 spiro atoms. The van der Waals surface area contributed by atoms with Crippen LogP contribution in [0.2, 0.25) is 0 Å². The van der Waals surface area contributed by atoms with E-state index in [-0.39, 0.29) is 0 Å². The van der Waals surface area contributed by atoms with Crippen LogP contribution < -0.4 is 9.47 Å². The van der Waals surface area contributed by atoms with Crippen LogP contribution in [0.4, 0.5) is 0 Å². The number of rotatable bonds is 7. The standard InChI is InChI=1S/C24H28N2O2/c1-27-23-7-5-21-17-24(8-6-20(21)16-23)28-15-3-12-26-13-9-19(10-14-26)22-4-2-11-25-18-22/h2,4-8,11,16-19H,3,9-10,12-15H2,1H3. The summed E-state index contributed by atoms with van der Waals surface area (Å²) in [6.45, 7) is 4.18. The van der Waals surface area contributed by atoms with Crippen molar-refractivity contribution in [3.63, 3.8) is 0 Å². The summed E-state index contributed by atoms with van der Waals surface area (Å²) in [5.74, 6) is 2.49. The molecule has 2 aromatic carbocycles. The van der Waals surface area contributed by atoms with Crippen LogP contribution >= 0.6 is 0 Å². The lowest BCUT2D eigenvalue weighted by Gasteiger charge is -2.32. The Morgan fingerprint density at radius 2 is 1.75 bits per heavy atom. The third-order valence-corrected chi connectivity index (χ3v) is 5.65.